The van der Waals surface area contributed by atoms with Crippen LogP contribution in [-0.4, -0.2) is 40.3 Å². The number of ether oxygens (including phenoxy) is 1. The Morgan fingerprint density at radius 1 is 1.20 bits per heavy atom. The van der Waals surface area contributed by atoms with Crippen molar-refractivity contribution >= 4 is 0 Å². The maximum Gasteiger partial charge on any atom is 0.416 e. The molecule has 1 saturated heterocycles. The molecular formula is C17H20F3N3O2. The highest BCUT2D eigenvalue weighted by Gasteiger charge is 2.32. The highest BCUT2D eigenvalue weighted by atomic mass is 19.4. The Morgan fingerprint density at radius 2 is 1.88 bits per heavy atom. The second kappa shape index (κ2) is 6.76. The van der Waals surface area contributed by atoms with E-state index in [2.05, 4.69) is 15.0 Å². The lowest BCUT2D eigenvalue weighted by atomic mass is 10.1. The third-order valence-electron chi connectivity index (χ3n) is 4.24. The SMILES string of the molecule is CC1CN(C(C)c2nc(-c3cccc(C(F)(F)F)c3)no2)CC(C)O1. The molecule has 3 atom stereocenters. The van der Waals surface area contributed by atoms with Crippen LogP contribution in [0.25, 0.3) is 11.4 Å². The first-order chi connectivity index (χ1) is 11.7. The minimum Gasteiger partial charge on any atom is -0.373 e. The molecule has 2 heterocycles. The normalized spacial score (nSPS) is 23.6. The summed E-state index contributed by atoms with van der Waals surface area (Å²) in [6.45, 7) is 7.39. The summed E-state index contributed by atoms with van der Waals surface area (Å²) in [5, 5.41) is 3.85. The summed E-state index contributed by atoms with van der Waals surface area (Å²) in [5.41, 5.74) is -0.457. The predicted octanol–water partition coefficient (Wildman–Crippen LogP) is 3.93. The van der Waals surface area contributed by atoms with Crippen molar-refractivity contribution in [2.75, 3.05) is 13.1 Å². The molecular weight excluding hydrogens is 335 g/mol. The molecule has 0 aliphatic carbocycles. The van der Waals surface area contributed by atoms with Crippen LogP contribution in [0.1, 0.15) is 38.3 Å². The van der Waals surface area contributed by atoms with E-state index < -0.39 is 11.7 Å². The average Bonchev–Trinajstić information content (AvgIpc) is 3.02. The topological polar surface area (TPSA) is 51.4 Å². The third kappa shape index (κ3) is 4.01. The third-order valence-corrected chi connectivity index (χ3v) is 4.24. The van der Waals surface area contributed by atoms with Crippen LogP contribution in [0, 0.1) is 0 Å². The number of hydrogen-bond donors (Lipinski definition) is 0. The van der Waals surface area contributed by atoms with Crippen molar-refractivity contribution in [3.05, 3.63) is 35.7 Å². The fraction of sp³-hybridized carbons (Fsp3) is 0.529. The molecule has 1 aromatic heterocycles. The number of alkyl halides is 3. The number of morpholine rings is 1. The molecule has 3 rings (SSSR count). The van der Waals surface area contributed by atoms with Gasteiger partial charge in [-0.1, -0.05) is 17.3 Å². The van der Waals surface area contributed by atoms with Gasteiger partial charge in [0.25, 0.3) is 0 Å². The molecule has 1 aromatic carbocycles. The van der Waals surface area contributed by atoms with Gasteiger partial charge in [-0.3, -0.25) is 4.90 Å². The molecule has 0 saturated carbocycles. The van der Waals surface area contributed by atoms with E-state index in [9.17, 15) is 13.2 Å². The second-order valence-electron chi connectivity index (χ2n) is 6.42. The summed E-state index contributed by atoms with van der Waals surface area (Å²) in [4.78, 5) is 6.47. The van der Waals surface area contributed by atoms with Crippen LogP contribution in [0.2, 0.25) is 0 Å². The minimum atomic E-state index is -4.41. The highest BCUT2D eigenvalue weighted by Crippen LogP contribution is 2.32. The van der Waals surface area contributed by atoms with Gasteiger partial charge in [-0.05, 0) is 32.9 Å². The van der Waals surface area contributed by atoms with E-state index in [0.717, 1.165) is 25.2 Å². The first-order valence-corrected chi connectivity index (χ1v) is 8.15. The van der Waals surface area contributed by atoms with Gasteiger partial charge in [-0.25, -0.2) is 0 Å². The Kier molecular flexibility index (Phi) is 4.83. The quantitative estimate of drug-likeness (QED) is 0.835. The molecule has 1 aliphatic rings. The van der Waals surface area contributed by atoms with Gasteiger partial charge >= 0.3 is 6.18 Å². The highest BCUT2D eigenvalue weighted by molar-refractivity contribution is 5.55. The summed E-state index contributed by atoms with van der Waals surface area (Å²) in [7, 11) is 0. The molecule has 0 bridgehead atoms. The van der Waals surface area contributed by atoms with Crippen molar-refractivity contribution in [1.82, 2.24) is 15.0 Å². The summed E-state index contributed by atoms with van der Waals surface area (Å²) in [6.07, 6.45) is -4.22. The molecule has 0 N–H and O–H groups in total. The number of aromatic nitrogens is 2. The molecule has 5 nitrogen and oxygen atoms in total. The van der Waals surface area contributed by atoms with Gasteiger partial charge in [0.05, 0.1) is 23.8 Å². The largest absolute Gasteiger partial charge is 0.416 e. The van der Waals surface area contributed by atoms with Gasteiger partial charge < -0.3 is 9.26 Å². The van der Waals surface area contributed by atoms with Crippen LogP contribution in [0.5, 0.6) is 0 Å². The van der Waals surface area contributed by atoms with Gasteiger partial charge in [-0.15, -0.1) is 0 Å². The summed E-state index contributed by atoms with van der Waals surface area (Å²) in [6, 6.07) is 4.78. The molecule has 1 aliphatic heterocycles. The first kappa shape index (κ1) is 17.9. The van der Waals surface area contributed by atoms with Crippen molar-refractivity contribution in [2.45, 2.75) is 45.2 Å². The molecule has 1 fully saturated rings. The van der Waals surface area contributed by atoms with E-state index in [1.807, 2.05) is 20.8 Å². The van der Waals surface area contributed by atoms with Crippen molar-refractivity contribution in [3.63, 3.8) is 0 Å². The van der Waals surface area contributed by atoms with Crippen molar-refractivity contribution < 1.29 is 22.4 Å². The number of nitrogens with zero attached hydrogens (tertiary/aromatic N) is 3. The van der Waals surface area contributed by atoms with E-state index in [1.165, 1.54) is 12.1 Å². The lowest BCUT2D eigenvalue weighted by Crippen LogP contribution is -2.46. The minimum absolute atomic E-state index is 0.0945. The molecule has 25 heavy (non-hydrogen) atoms. The Hall–Kier alpha value is -1.93. The maximum atomic E-state index is 12.9. The van der Waals surface area contributed by atoms with E-state index >= 15 is 0 Å². The Morgan fingerprint density at radius 3 is 2.52 bits per heavy atom. The van der Waals surface area contributed by atoms with E-state index in [1.54, 1.807) is 0 Å². The van der Waals surface area contributed by atoms with Crippen LogP contribution in [0.3, 0.4) is 0 Å². The summed E-state index contributed by atoms with van der Waals surface area (Å²) in [5.74, 6) is 0.538. The second-order valence-corrected chi connectivity index (χ2v) is 6.42. The smallest absolute Gasteiger partial charge is 0.373 e. The van der Waals surface area contributed by atoms with Crippen molar-refractivity contribution in [2.24, 2.45) is 0 Å². The number of halogens is 3. The van der Waals surface area contributed by atoms with E-state index in [-0.39, 0.29) is 29.6 Å². The van der Waals surface area contributed by atoms with Crippen LogP contribution < -0.4 is 0 Å². The average molecular weight is 355 g/mol. The molecule has 3 unspecified atom stereocenters. The van der Waals surface area contributed by atoms with E-state index in [0.29, 0.717) is 5.89 Å². The van der Waals surface area contributed by atoms with Crippen LogP contribution in [0.15, 0.2) is 28.8 Å². The summed E-state index contributed by atoms with van der Waals surface area (Å²) < 4.78 is 49.6. The van der Waals surface area contributed by atoms with Crippen molar-refractivity contribution in [3.8, 4) is 11.4 Å². The number of rotatable bonds is 3. The molecule has 0 amide bonds. The fourth-order valence-corrected chi connectivity index (χ4v) is 3.05. The van der Waals surface area contributed by atoms with Gasteiger partial charge in [0, 0.05) is 18.7 Å². The number of benzene rings is 1. The Balaban J connectivity index is 1.80. The van der Waals surface area contributed by atoms with Gasteiger partial charge in [0.1, 0.15) is 0 Å². The molecule has 136 valence electrons. The van der Waals surface area contributed by atoms with Crippen molar-refractivity contribution in [1.29, 1.82) is 0 Å². The Labute approximate surface area is 143 Å². The Bertz CT molecular complexity index is 722. The molecule has 0 radical (unpaired) electrons. The van der Waals surface area contributed by atoms with Gasteiger partial charge in [0.2, 0.25) is 11.7 Å². The maximum absolute atomic E-state index is 12.9. The lowest BCUT2D eigenvalue weighted by molar-refractivity contribution is -0.137. The lowest BCUT2D eigenvalue weighted by Gasteiger charge is -2.37. The predicted molar refractivity (Wildman–Crippen MR) is 84.7 cm³/mol. The molecule has 2 aromatic rings. The summed E-state index contributed by atoms with van der Waals surface area (Å²) >= 11 is 0. The standard InChI is InChI=1S/C17H20F3N3O2/c1-10-8-23(9-11(2)24-10)12(3)16-21-15(22-25-16)13-5-4-6-14(7-13)17(18,19)20/h4-7,10-12H,8-9H2,1-3H3. The molecule has 8 heteroatoms. The zero-order valence-electron chi connectivity index (χ0n) is 14.2. The van der Waals surface area contributed by atoms with Crippen LogP contribution >= 0.6 is 0 Å². The van der Waals surface area contributed by atoms with E-state index in [4.69, 9.17) is 9.26 Å². The zero-order chi connectivity index (χ0) is 18.2. The number of hydrogen-bond acceptors (Lipinski definition) is 5. The first-order valence-electron chi connectivity index (χ1n) is 8.15. The fourth-order valence-electron chi connectivity index (χ4n) is 3.05. The van der Waals surface area contributed by atoms with Crippen LogP contribution in [0.4, 0.5) is 13.2 Å². The van der Waals surface area contributed by atoms with Crippen LogP contribution in [-0.2, 0) is 10.9 Å². The van der Waals surface area contributed by atoms with Gasteiger partial charge in [0.15, 0.2) is 0 Å². The monoisotopic (exact) mass is 355 g/mol. The van der Waals surface area contributed by atoms with Gasteiger partial charge in [-0.2, -0.15) is 18.2 Å². The zero-order valence-corrected chi connectivity index (χ0v) is 14.2. The molecule has 0 spiro atoms.